The van der Waals surface area contributed by atoms with Crippen molar-refractivity contribution in [3.63, 3.8) is 0 Å². The molecule has 7 nitrogen and oxygen atoms in total. The molecule has 1 saturated heterocycles. The summed E-state index contributed by atoms with van der Waals surface area (Å²) in [4.78, 5) is 33.5. The summed E-state index contributed by atoms with van der Waals surface area (Å²) in [5, 5.41) is 0.279. The quantitative estimate of drug-likeness (QED) is 0.435. The zero-order chi connectivity index (χ0) is 23.8. The molecule has 0 unspecified atom stereocenters. The summed E-state index contributed by atoms with van der Waals surface area (Å²) < 4.78 is 19.1. The Kier molecular flexibility index (Phi) is 6.00. The average molecular weight is 482 g/mol. The lowest BCUT2D eigenvalue weighted by atomic mass is 10.1. The van der Waals surface area contributed by atoms with Crippen LogP contribution in [0.2, 0.25) is 5.02 Å². The molecule has 1 aliphatic rings. The molecule has 1 fully saturated rings. The van der Waals surface area contributed by atoms with Gasteiger partial charge >= 0.3 is 5.69 Å². The Morgan fingerprint density at radius 2 is 1.68 bits per heavy atom. The molecule has 34 heavy (non-hydrogen) atoms. The average Bonchev–Trinajstić information content (AvgIpc) is 3.23. The largest absolute Gasteiger partial charge is 0.342 e. The monoisotopic (exact) mass is 481 g/mol. The van der Waals surface area contributed by atoms with Gasteiger partial charge in [-0.3, -0.25) is 18.5 Å². The first-order valence-electron chi connectivity index (χ1n) is 11.4. The van der Waals surface area contributed by atoms with E-state index in [9.17, 15) is 14.0 Å². The van der Waals surface area contributed by atoms with Crippen molar-refractivity contribution in [1.82, 2.24) is 18.7 Å². The van der Waals surface area contributed by atoms with Crippen molar-refractivity contribution in [2.75, 3.05) is 18.0 Å². The maximum atomic E-state index is 14.8. The Balaban J connectivity index is 1.78. The lowest BCUT2D eigenvalue weighted by Gasteiger charge is -2.28. The molecular weight excluding hydrogens is 457 g/mol. The summed E-state index contributed by atoms with van der Waals surface area (Å²) in [5.41, 5.74) is 0.843. The number of hydrogen-bond donors (Lipinski definition) is 0. The molecule has 2 aromatic carbocycles. The molecule has 0 amide bonds. The van der Waals surface area contributed by atoms with Crippen LogP contribution in [0.3, 0.4) is 0 Å². The number of aromatic nitrogens is 4. The zero-order valence-corrected chi connectivity index (χ0v) is 19.6. The summed E-state index contributed by atoms with van der Waals surface area (Å²) in [6.45, 7) is 1.85. The van der Waals surface area contributed by atoms with Gasteiger partial charge in [-0.05, 0) is 37.0 Å². The van der Waals surface area contributed by atoms with E-state index in [1.807, 2.05) is 30.3 Å². The van der Waals surface area contributed by atoms with Gasteiger partial charge in [-0.2, -0.15) is 4.98 Å². The minimum absolute atomic E-state index is 0.0343. The summed E-state index contributed by atoms with van der Waals surface area (Å²) in [6.07, 6.45) is 3.12. The minimum atomic E-state index is -0.465. The fourth-order valence-corrected chi connectivity index (χ4v) is 4.80. The first kappa shape index (κ1) is 22.4. The van der Waals surface area contributed by atoms with Crippen LogP contribution in [-0.2, 0) is 20.1 Å². The Bertz CT molecular complexity index is 1450. The molecule has 9 heteroatoms. The summed E-state index contributed by atoms with van der Waals surface area (Å²) in [7, 11) is 1.46. The van der Waals surface area contributed by atoms with Gasteiger partial charge < -0.3 is 4.90 Å². The number of nitrogens with zero attached hydrogens (tertiary/aromatic N) is 5. The molecule has 0 saturated carbocycles. The van der Waals surface area contributed by atoms with E-state index in [0.29, 0.717) is 11.6 Å². The van der Waals surface area contributed by atoms with Gasteiger partial charge in [-0.1, -0.05) is 48.0 Å². The first-order valence-corrected chi connectivity index (χ1v) is 11.8. The lowest BCUT2D eigenvalue weighted by Crippen LogP contribution is -2.39. The molecule has 0 aliphatic carbocycles. The SMILES string of the molecule is Cn1c(=O)c2c(nc(N3CCCCC3)n2Cc2c(F)cccc2Cl)n(Cc2ccccc2)c1=O. The molecule has 2 aromatic heterocycles. The minimum Gasteiger partial charge on any atom is -0.342 e. The maximum absolute atomic E-state index is 14.8. The Morgan fingerprint density at radius 3 is 2.38 bits per heavy atom. The molecule has 176 valence electrons. The van der Waals surface area contributed by atoms with Crippen molar-refractivity contribution in [1.29, 1.82) is 0 Å². The topological polar surface area (TPSA) is 65.1 Å². The Labute approximate surface area is 200 Å². The fraction of sp³-hybridized carbons (Fsp3) is 0.320. The van der Waals surface area contributed by atoms with Crippen LogP contribution in [0.4, 0.5) is 10.3 Å². The molecular formula is C25H25ClFN5O2. The molecule has 1 aliphatic heterocycles. The van der Waals surface area contributed by atoms with Crippen LogP contribution in [0.5, 0.6) is 0 Å². The van der Waals surface area contributed by atoms with Gasteiger partial charge in [-0.15, -0.1) is 0 Å². The molecule has 5 rings (SSSR count). The predicted octanol–water partition coefficient (Wildman–Crippen LogP) is 3.78. The highest BCUT2D eigenvalue weighted by molar-refractivity contribution is 6.31. The van der Waals surface area contributed by atoms with Gasteiger partial charge in [0, 0.05) is 30.7 Å². The van der Waals surface area contributed by atoms with Crippen LogP contribution in [0.25, 0.3) is 11.2 Å². The number of imidazole rings is 1. The van der Waals surface area contributed by atoms with E-state index in [2.05, 4.69) is 4.90 Å². The maximum Gasteiger partial charge on any atom is 0.332 e. The highest BCUT2D eigenvalue weighted by atomic mass is 35.5. The smallest absolute Gasteiger partial charge is 0.332 e. The molecule has 0 spiro atoms. The molecule has 0 N–H and O–H groups in total. The standard InChI is InChI=1S/C25H25ClFN5O2/c1-29-23(33)21-22(32(25(29)34)15-17-9-4-2-5-10-17)28-24(30-13-6-3-7-14-30)31(21)16-18-19(26)11-8-12-20(18)27/h2,4-5,8-12H,3,6-7,13-16H2,1H3. The lowest BCUT2D eigenvalue weighted by molar-refractivity contribution is 0.556. The third-order valence-corrected chi connectivity index (χ3v) is 6.76. The van der Waals surface area contributed by atoms with E-state index in [1.165, 1.54) is 17.7 Å². The molecule has 4 aromatic rings. The van der Waals surface area contributed by atoms with Crippen LogP contribution in [-0.4, -0.2) is 31.8 Å². The van der Waals surface area contributed by atoms with Gasteiger partial charge in [0.1, 0.15) is 5.82 Å². The second kappa shape index (κ2) is 9.10. The molecule has 0 bridgehead atoms. The normalized spacial score (nSPS) is 14.1. The van der Waals surface area contributed by atoms with Crippen LogP contribution in [0.15, 0.2) is 58.1 Å². The van der Waals surface area contributed by atoms with Crippen molar-refractivity contribution in [2.24, 2.45) is 7.05 Å². The van der Waals surface area contributed by atoms with Gasteiger partial charge in [0.2, 0.25) is 5.95 Å². The van der Waals surface area contributed by atoms with Crippen LogP contribution >= 0.6 is 11.6 Å². The molecule has 0 atom stereocenters. The van der Waals surface area contributed by atoms with Crippen LogP contribution in [0.1, 0.15) is 30.4 Å². The van der Waals surface area contributed by atoms with Crippen molar-refractivity contribution >= 4 is 28.7 Å². The van der Waals surface area contributed by atoms with Crippen molar-refractivity contribution in [2.45, 2.75) is 32.4 Å². The zero-order valence-electron chi connectivity index (χ0n) is 18.9. The van der Waals surface area contributed by atoms with Gasteiger partial charge in [-0.25, -0.2) is 9.18 Å². The first-order chi connectivity index (χ1) is 16.5. The highest BCUT2D eigenvalue weighted by Crippen LogP contribution is 2.27. The van der Waals surface area contributed by atoms with Crippen LogP contribution in [0, 0.1) is 5.82 Å². The van der Waals surface area contributed by atoms with Gasteiger partial charge in [0.25, 0.3) is 5.56 Å². The second-order valence-corrected chi connectivity index (χ2v) is 9.04. The number of anilines is 1. The van der Waals surface area contributed by atoms with Crippen molar-refractivity contribution < 1.29 is 4.39 Å². The third kappa shape index (κ3) is 3.92. The van der Waals surface area contributed by atoms with E-state index < -0.39 is 17.1 Å². The number of piperidine rings is 1. The summed E-state index contributed by atoms with van der Waals surface area (Å²) in [6, 6.07) is 14.1. The van der Waals surface area contributed by atoms with E-state index in [1.54, 1.807) is 16.7 Å². The Hall–Kier alpha value is -3.39. The summed E-state index contributed by atoms with van der Waals surface area (Å²) >= 11 is 6.34. The highest BCUT2D eigenvalue weighted by Gasteiger charge is 2.26. The van der Waals surface area contributed by atoms with E-state index >= 15 is 0 Å². The second-order valence-electron chi connectivity index (χ2n) is 8.64. The fourth-order valence-electron chi connectivity index (χ4n) is 4.58. The number of fused-ring (bicyclic) bond motifs is 1. The van der Waals surface area contributed by atoms with E-state index in [4.69, 9.17) is 16.6 Å². The Morgan fingerprint density at radius 1 is 0.941 bits per heavy atom. The summed E-state index contributed by atoms with van der Waals surface area (Å²) in [5.74, 6) is 0.104. The molecule has 3 heterocycles. The van der Waals surface area contributed by atoms with Crippen molar-refractivity contribution in [3.05, 3.63) is 91.3 Å². The molecule has 0 radical (unpaired) electrons. The number of halogens is 2. The van der Waals surface area contributed by atoms with E-state index in [-0.39, 0.29) is 29.2 Å². The number of benzene rings is 2. The number of rotatable bonds is 5. The van der Waals surface area contributed by atoms with Crippen LogP contribution < -0.4 is 16.1 Å². The van der Waals surface area contributed by atoms with Gasteiger partial charge in [0.05, 0.1) is 13.1 Å². The predicted molar refractivity (Wildman–Crippen MR) is 131 cm³/mol. The van der Waals surface area contributed by atoms with Crippen molar-refractivity contribution in [3.8, 4) is 0 Å². The number of hydrogen-bond acceptors (Lipinski definition) is 4. The third-order valence-electron chi connectivity index (χ3n) is 6.41. The van der Waals surface area contributed by atoms with Gasteiger partial charge in [0.15, 0.2) is 11.2 Å². The van der Waals surface area contributed by atoms with E-state index in [0.717, 1.165) is 42.5 Å².